The van der Waals surface area contributed by atoms with Crippen molar-refractivity contribution in [1.82, 2.24) is 14.7 Å². The SMILES string of the molecule is O=[N+]([O-])c1cnn(C2CCN(C3CC3)CC2)c1. The summed E-state index contributed by atoms with van der Waals surface area (Å²) in [7, 11) is 0. The summed E-state index contributed by atoms with van der Waals surface area (Å²) in [5, 5.41) is 14.7. The van der Waals surface area contributed by atoms with Crippen molar-refractivity contribution in [2.45, 2.75) is 37.8 Å². The third kappa shape index (κ3) is 2.17. The van der Waals surface area contributed by atoms with Crippen molar-refractivity contribution >= 4 is 5.69 Å². The van der Waals surface area contributed by atoms with Crippen LogP contribution in [0.5, 0.6) is 0 Å². The van der Waals surface area contributed by atoms with Gasteiger partial charge in [0.1, 0.15) is 12.4 Å². The highest BCUT2D eigenvalue weighted by molar-refractivity contribution is 5.21. The summed E-state index contributed by atoms with van der Waals surface area (Å²) < 4.78 is 1.77. The lowest BCUT2D eigenvalue weighted by atomic mass is 10.1. The average molecular weight is 236 g/mol. The Kier molecular flexibility index (Phi) is 2.58. The molecule has 0 aromatic carbocycles. The van der Waals surface area contributed by atoms with E-state index in [4.69, 9.17) is 0 Å². The second-order valence-corrected chi connectivity index (χ2v) is 4.93. The number of piperidine rings is 1. The van der Waals surface area contributed by atoms with Crippen molar-refractivity contribution < 1.29 is 4.92 Å². The molecular formula is C11H16N4O2. The number of likely N-dealkylation sites (tertiary alicyclic amines) is 1. The van der Waals surface area contributed by atoms with Gasteiger partial charge >= 0.3 is 5.69 Å². The molecule has 1 saturated heterocycles. The van der Waals surface area contributed by atoms with Crippen molar-refractivity contribution in [2.24, 2.45) is 0 Å². The van der Waals surface area contributed by atoms with Gasteiger partial charge < -0.3 is 4.90 Å². The number of hydrogen-bond acceptors (Lipinski definition) is 4. The van der Waals surface area contributed by atoms with E-state index in [1.165, 1.54) is 19.0 Å². The van der Waals surface area contributed by atoms with E-state index in [-0.39, 0.29) is 10.6 Å². The molecule has 1 aromatic heterocycles. The lowest BCUT2D eigenvalue weighted by molar-refractivity contribution is -0.385. The normalized spacial score (nSPS) is 22.8. The van der Waals surface area contributed by atoms with E-state index in [1.54, 1.807) is 10.9 Å². The van der Waals surface area contributed by atoms with Gasteiger partial charge in [-0.25, -0.2) is 0 Å². The first-order valence-electron chi connectivity index (χ1n) is 6.16. The van der Waals surface area contributed by atoms with Gasteiger partial charge in [0.05, 0.1) is 11.0 Å². The van der Waals surface area contributed by atoms with Crippen molar-refractivity contribution in [3.05, 3.63) is 22.5 Å². The minimum absolute atomic E-state index is 0.0922. The summed E-state index contributed by atoms with van der Waals surface area (Å²) in [5.74, 6) is 0. The zero-order chi connectivity index (χ0) is 11.8. The van der Waals surface area contributed by atoms with E-state index in [0.717, 1.165) is 32.0 Å². The van der Waals surface area contributed by atoms with Gasteiger partial charge in [-0.05, 0) is 25.7 Å². The molecule has 2 fully saturated rings. The van der Waals surface area contributed by atoms with Crippen LogP contribution in [0.2, 0.25) is 0 Å². The third-order valence-electron chi connectivity index (χ3n) is 3.74. The van der Waals surface area contributed by atoms with Crippen LogP contribution in [-0.4, -0.2) is 38.7 Å². The predicted octanol–water partition coefficient (Wildman–Crippen LogP) is 1.59. The van der Waals surface area contributed by atoms with Crippen LogP contribution in [-0.2, 0) is 0 Å². The van der Waals surface area contributed by atoms with Crippen LogP contribution in [0.4, 0.5) is 5.69 Å². The van der Waals surface area contributed by atoms with Gasteiger partial charge in [-0.15, -0.1) is 0 Å². The average Bonchev–Trinajstić information content (AvgIpc) is 3.06. The maximum absolute atomic E-state index is 10.6. The molecule has 1 saturated carbocycles. The van der Waals surface area contributed by atoms with Crippen LogP contribution in [0.3, 0.4) is 0 Å². The van der Waals surface area contributed by atoms with E-state index in [2.05, 4.69) is 10.00 Å². The van der Waals surface area contributed by atoms with Crippen LogP contribution in [0.1, 0.15) is 31.7 Å². The molecule has 0 unspecified atom stereocenters. The van der Waals surface area contributed by atoms with Crippen molar-refractivity contribution in [3.8, 4) is 0 Å². The van der Waals surface area contributed by atoms with Gasteiger partial charge in [0.2, 0.25) is 0 Å². The van der Waals surface area contributed by atoms with Gasteiger partial charge in [0, 0.05) is 19.1 Å². The highest BCUT2D eigenvalue weighted by atomic mass is 16.6. The van der Waals surface area contributed by atoms with Crippen LogP contribution in [0.25, 0.3) is 0 Å². The topological polar surface area (TPSA) is 64.2 Å². The largest absolute Gasteiger partial charge is 0.307 e. The third-order valence-corrected chi connectivity index (χ3v) is 3.74. The molecule has 1 aromatic rings. The van der Waals surface area contributed by atoms with Crippen molar-refractivity contribution in [3.63, 3.8) is 0 Å². The summed E-state index contributed by atoms with van der Waals surface area (Å²) in [6, 6.07) is 1.15. The molecule has 0 atom stereocenters. The summed E-state index contributed by atoms with van der Waals surface area (Å²) >= 11 is 0. The minimum Gasteiger partial charge on any atom is -0.300 e. The molecule has 92 valence electrons. The van der Waals surface area contributed by atoms with Crippen LogP contribution < -0.4 is 0 Å². The van der Waals surface area contributed by atoms with E-state index in [0.29, 0.717) is 6.04 Å². The molecule has 2 heterocycles. The van der Waals surface area contributed by atoms with E-state index in [9.17, 15) is 10.1 Å². The maximum Gasteiger partial charge on any atom is 0.307 e. The molecule has 1 aliphatic heterocycles. The molecule has 2 aliphatic rings. The number of nitro groups is 1. The number of hydrogen-bond donors (Lipinski definition) is 0. The molecule has 6 nitrogen and oxygen atoms in total. The predicted molar refractivity (Wildman–Crippen MR) is 61.7 cm³/mol. The molecular weight excluding hydrogens is 220 g/mol. The van der Waals surface area contributed by atoms with Crippen LogP contribution in [0.15, 0.2) is 12.4 Å². The Morgan fingerprint density at radius 2 is 1.94 bits per heavy atom. The fraction of sp³-hybridized carbons (Fsp3) is 0.727. The Morgan fingerprint density at radius 1 is 1.24 bits per heavy atom. The zero-order valence-corrected chi connectivity index (χ0v) is 9.66. The molecule has 0 radical (unpaired) electrons. The highest BCUT2D eigenvalue weighted by Crippen LogP contribution is 2.32. The first-order chi connectivity index (χ1) is 8.24. The molecule has 3 rings (SSSR count). The fourth-order valence-electron chi connectivity index (χ4n) is 2.58. The molecule has 6 heteroatoms. The second kappa shape index (κ2) is 4.10. The van der Waals surface area contributed by atoms with Crippen molar-refractivity contribution in [2.75, 3.05) is 13.1 Å². The molecule has 0 bridgehead atoms. The smallest absolute Gasteiger partial charge is 0.300 e. The van der Waals surface area contributed by atoms with Crippen LogP contribution in [0, 0.1) is 10.1 Å². The standard InChI is InChI=1S/C11H16N4O2/c16-15(17)11-7-12-14(8-11)10-3-5-13(6-4-10)9-1-2-9/h7-10H,1-6H2. The minimum atomic E-state index is -0.386. The lowest BCUT2D eigenvalue weighted by Crippen LogP contribution is -2.36. The highest BCUT2D eigenvalue weighted by Gasteiger charge is 2.32. The van der Waals surface area contributed by atoms with E-state index >= 15 is 0 Å². The summed E-state index contributed by atoms with van der Waals surface area (Å²) in [6.07, 6.45) is 7.69. The van der Waals surface area contributed by atoms with Gasteiger partial charge in [-0.1, -0.05) is 0 Å². The van der Waals surface area contributed by atoms with E-state index < -0.39 is 0 Å². The quantitative estimate of drug-likeness (QED) is 0.590. The molecule has 0 amide bonds. The van der Waals surface area contributed by atoms with Gasteiger partial charge in [0.15, 0.2) is 0 Å². The number of nitrogens with zero attached hydrogens (tertiary/aromatic N) is 4. The lowest BCUT2D eigenvalue weighted by Gasteiger charge is -2.31. The second-order valence-electron chi connectivity index (χ2n) is 4.93. The Balaban J connectivity index is 1.62. The number of rotatable bonds is 3. The Morgan fingerprint density at radius 3 is 2.47 bits per heavy atom. The molecule has 0 N–H and O–H groups in total. The van der Waals surface area contributed by atoms with E-state index in [1.807, 2.05) is 0 Å². The monoisotopic (exact) mass is 236 g/mol. The van der Waals surface area contributed by atoms with Gasteiger partial charge in [-0.3, -0.25) is 14.8 Å². The Labute approximate surface area is 99.4 Å². The number of aromatic nitrogens is 2. The Hall–Kier alpha value is -1.43. The molecule has 0 spiro atoms. The fourth-order valence-corrected chi connectivity index (χ4v) is 2.58. The summed E-state index contributed by atoms with van der Waals surface area (Å²) in [6.45, 7) is 2.20. The first-order valence-corrected chi connectivity index (χ1v) is 6.16. The van der Waals surface area contributed by atoms with Gasteiger partial charge in [-0.2, -0.15) is 5.10 Å². The maximum atomic E-state index is 10.6. The van der Waals surface area contributed by atoms with Crippen LogP contribution >= 0.6 is 0 Å². The Bertz CT molecular complexity index is 419. The summed E-state index contributed by atoms with van der Waals surface area (Å²) in [4.78, 5) is 12.7. The zero-order valence-electron chi connectivity index (χ0n) is 9.66. The molecule has 1 aliphatic carbocycles. The summed E-state index contributed by atoms with van der Waals surface area (Å²) in [5.41, 5.74) is 0.0922. The molecule has 17 heavy (non-hydrogen) atoms. The van der Waals surface area contributed by atoms with Crippen molar-refractivity contribution in [1.29, 1.82) is 0 Å². The van der Waals surface area contributed by atoms with Gasteiger partial charge in [0.25, 0.3) is 0 Å². The first kappa shape index (κ1) is 10.7.